The molecule has 2 aromatic carbocycles. The van der Waals surface area contributed by atoms with Crippen molar-refractivity contribution in [3.63, 3.8) is 0 Å². The van der Waals surface area contributed by atoms with Crippen molar-refractivity contribution >= 4 is 28.7 Å². The fourth-order valence-corrected chi connectivity index (χ4v) is 3.41. The minimum atomic E-state index is 0.382. The van der Waals surface area contributed by atoms with E-state index in [1.807, 2.05) is 12.1 Å². The monoisotopic (exact) mass is 332 g/mol. The van der Waals surface area contributed by atoms with Crippen LogP contribution in [0.4, 0.5) is 0 Å². The summed E-state index contributed by atoms with van der Waals surface area (Å²) in [6, 6.07) is 12.6. The highest BCUT2D eigenvalue weighted by atomic mass is 127. The van der Waals surface area contributed by atoms with Crippen LogP contribution in [-0.2, 0) is 0 Å². The van der Waals surface area contributed by atoms with Crippen LogP contribution in [0.2, 0.25) is 0 Å². The number of hydrogen-bond donors (Lipinski definition) is 0. The number of ether oxygens (including phenoxy) is 1. The van der Waals surface area contributed by atoms with Gasteiger partial charge in [-0.25, -0.2) is 0 Å². The fourth-order valence-electron chi connectivity index (χ4n) is 2.60. The molecule has 2 aromatic rings. The lowest BCUT2D eigenvalue weighted by molar-refractivity contribution is 0.481. The van der Waals surface area contributed by atoms with Gasteiger partial charge in [0.05, 0.1) is 0 Å². The Balaban J connectivity index is 2.12. The van der Waals surface area contributed by atoms with Gasteiger partial charge in [0, 0.05) is 15.1 Å². The third-order valence-corrected chi connectivity index (χ3v) is 4.37. The molecule has 0 spiro atoms. The first kappa shape index (κ1) is 9.71. The molecule has 5 rings (SSSR count). The molecule has 1 atom stereocenters. The SMILES string of the molecule is Ic1ccc2c3c1C(C=C3)c1ccc(cc1)O2. The van der Waals surface area contributed by atoms with Gasteiger partial charge in [-0.2, -0.15) is 0 Å². The average Bonchev–Trinajstić information content (AvgIpc) is 2.82. The smallest absolute Gasteiger partial charge is 0.135 e. The molecule has 2 heterocycles. The first-order valence-corrected chi connectivity index (χ1v) is 6.69. The summed E-state index contributed by atoms with van der Waals surface area (Å²) in [5.41, 5.74) is 3.96. The molecule has 0 radical (unpaired) electrons. The lowest BCUT2D eigenvalue weighted by atomic mass is 9.93. The molecule has 17 heavy (non-hydrogen) atoms. The van der Waals surface area contributed by atoms with Crippen LogP contribution in [0.5, 0.6) is 11.5 Å². The van der Waals surface area contributed by atoms with Crippen LogP contribution in [0.25, 0.3) is 6.08 Å². The Labute approximate surface area is 113 Å². The maximum absolute atomic E-state index is 5.94. The number of fused-ring (bicyclic) bond motifs is 2. The van der Waals surface area contributed by atoms with Crippen molar-refractivity contribution < 1.29 is 4.74 Å². The number of halogens is 1. The summed E-state index contributed by atoms with van der Waals surface area (Å²) in [6.07, 6.45) is 4.45. The molecule has 0 saturated heterocycles. The fraction of sp³-hybridized carbons (Fsp3) is 0.0667. The minimum Gasteiger partial charge on any atom is -0.457 e. The summed E-state index contributed by atoms with van der Waals surface area (Å²) in [4.78, 5) is 0. The minimum absolute atomic E-state index is 0.382. The zero-order valence-electron chi connectivity index (χ0n) is 8.98. The lowest BCUT2D eigenvalue weighted by Crippen LogP contribution is -1.97. The summed E-state index contributed by atoms with van der Waals surface area (Å²) in [6.45, 7) is 0. The van der Waals surface area contributed by atoms with Crippen molar-refractivity contribution in [2.75, 3.05) is 0 Å². The van der Waals surface area contributed by atoms with Crippen LogP contribution in [0.1, 0.15) is 22.6 Å². The zero-order chi connectivity index (χ0) is 11.4. The number of benzene rings is 2. The molecule has 3 aliphatic rings. The standard InChI is InChI=1S/C15H9IO/c16-13-7-8-14-12-6-5-11(15(12)13)9-1-3-10(17-14)4-2-9/h1-8,11H. The predicted molar refractivity (Wildman–Crippen MR) is 76.6 cm³/mol. The Bertz CT molecular complexity index is 641. The van der Waals surface area contributed by atoms with Gasteiger partial charge in [0.1, 0.15) is 11.5 Å². The maximum atomic E-state index is 5.94. The van der Waals surface area contributed by atoms with Gasteiger partial charge >= 0.3 is 0 Å². The lowest BCUT2D eigenvalue weighted by Gasteiger charge is -2.13. The van der Waals surface area contributed by atoms with Gasteiger partial charge in [0.15, 0.2) is 0 Å². The predicted octanol–water partition coefficient (Wildman–Crippen LogP) is 4.56. The number of hydrogen-bond acceptors (Lipinski definition) is 1. The molecule has 2 aliphatic heterocycles. The molecular formula is C15H9IO. The van der Waals surface area contributed by atoms with Gasteiger partial charge in [-0.3, -0.25) is 0 Å². The van der Waals surface area contributed by atoms with Gasteiger partial charge in [-0.1, -0.05) is 24.3 Å². The highest BCUT2D eigenvalue weighted by Gasteiger charge is 2.26. The van der Waals surface area contributed by atoms with Crippen LogP contribution in [0.15, 0.2) is 42.5 Å². The van der Waals surface area contributed by atoms with E-state index in [9.17, 15) is 0 Å². The topological polar surface area (TPSA) is 9.23 Å². The molecule has 2 heteroatoms. The van der Waals surface area contributed by atoms with Crippen LogP contribution in [-0.4, -0.2) is 0 Å². The summed E-state index contributed by atoms with van der Waals surface area (Å²) in [5.74, 6) is 2.26. The normalized spacial score (nSPS) is 18.5. The highest BCUT2D eigenvalue weighted by Crippen LogP contribution is 2.45. The van der Waals surface area contributed by atoms with Crippen LogP contribution in [0, 0.1) is 3.57 Å². The van der Waals surface area contributed by atoms with E-state index in [4.69, 9.17) is 4.74 Å². The molecule has 1 aliphatic carbocycles. The Morgan fingerprint density at radius 1 is 1.00 bits per heavy atom. The molecule has 6 bridgehead atoms. The second-order valence-corrected chi connectivity index (χ2v) is 5.54. The second kappa shape index (κ2) is 3.35. The molecule has 0 amide bonds. The number of rotatable bonds is 0. The molecular weight excluding hydrogens is 323 g/mol. The van der Waals surface area contributed by atoms with Gasteiger partial charge in [-0.15, -0.1) is 0 Å². The molecule has 82 valence electrons. The van der Waals surface area contributed by atoms with E-state index in [1.165, 1.54) is 20.3 Å². The quantitative estimate of drug-likeness (QED) is 0.643. The van der Waals surface area contributed by atoms with E-state index in [1.54, 1.807) is 0 Å². The Morgan fingerprint density at radius 3 is 2.65 bits per heavy atom. The summed E-state index contributed by atoms with van der Waals surface area (Å²) in [5, 5.41) is 0. The zero-order valence-corrected chi connectivity index (χ0v) is 11.1. The number of allylic oxidation sites excluding steroid dienone is 1. The average molecular weight is 332 g/mol. The molecule has 0 aromatic heterocycles. The van der Waals surface area contributed by atoms with Crippen LogP contribution >= 0.6 is 22.6 Å². The van der Waals surface area contributed by atoms with Crippen molar-refractivity contribution in [3.05, 3.63) is 62.7 Å². The van der Waals surface area contributed by atoms with Crippen molar-refractivity contribution in [2.45, 2.75) is 5.92 Å². The Morgan fingerprint density at radius 2 is 1.82 bits per heavy atom. The highest BCUT2D eigenvalue weighted by molar-refractivity contribution is 14.1. The van der Waals surface area contributed by atoms with E-state index in [0.717, 1.165) is 11.5 Å². The van der Waals surface area contributed by atoms with E-state index in [-0.39, 0.29) is 0 Å². The molecule has 0 saturated carbocycles. The van der Waals surface area contributed by atoms with Crippen molar-refractivity contribution in [3.8, 4) is 11.5 Å². The first-order valence-electron chi connectivity index (χ1n) is 5.61. The Kier molecular flexibility index (Phi) is 1.92. The first-order chi connectivity index (χ1) is 8.33. The summed E-state index contributed by atoms with van der Waals surface area (Å²) >= 11 is 2.41. The van der Waals surface area contributed by atoms with Gasteiger partial charge in [-0.05, 0) is 58.0 Å². The molecule has 1 nitrogen and oxygen atoms in total. The molecule has 1 unspecified atom stereocenters. The third-order valence-electron chi connectivity index (χ3n) is 3.43. The van der Waals surface area contributed by atoms with E-state index in [2.05, 4.69) is 59.0 Å². The van der Waals surface area contributed by atoms with Gasteiger partial charge in [0.25, 0.3) is 0 Å². The van der Waals surface area contributed by atoms with Gasteiger partial charge < -0.3 is 4.74 Å². The summed E-state index contributed by atoms with van der Waals surface area (Å²) in [7, 11) is 0. The molecule has 0 fully saturated rings. The second-order valence-electron chi connectivity index (χ2n) is 4.38. The van der Waals surface area contributed by atoms with Gasteiger partial charge in [0.2, 0.25) is 0 Å². The van der Waals surface area contributed by atoms with Crippen molar-refractivity contribution in [2.24, 2.45) is 0 Å². The molecule has 0 N–H and O–H groups in total. The maximum Gasteiger partial charge on any atom is 0.135 e. The van der Waals surface area contributed by atoms with E-state index in [0.29, 0.717) is 5.92 Å². The van der Waals surface area contributed by atoms with Crippen LogP contribution < -0.4 is 4.74 Å². The summed E-state index contributed by atoms with van der Waals surface area (Å²) < 4.78 is 7.25. The van der Waals surface area contributed by atoms with Crippen molar-refractivity contribution in [1.82, 2.24) is 0 Å². The largest absolute Gasteiger partial charge is 0.457 e. The third kappa shape index (κ3) is 1.30. The Hall–Kier alpha value is -1.29. The van der Waals surface area contributed by atoms with E-state index < -0.39 is 0 Å². The van der Waals surface area contributed by atoms with Crippen molar-refractivity contribution in [1.29, 1.82) is 0 Å². The van der Waals surface area contributed by atoms with E-state index >= 15 is 0 Å². The van der Waals surface area contributed by atoms with Crippen LogP contribution in [0.3, 0.4) is 0 Å².